The van der Waals surface area contributed by atoms with E-state index in [-0.39, 0.29) is 17.5 Å². The van der Waals surface area contributed by atoms with Crippen molar-refractivity contribution in [2.45, 2.75) is 56.1 Å². The highest BCUT2D eigenvalue weighted by atomic mass is 35.5. The first-order valence-corrected chi connectivity index (χ1v) is 9.92. The maximum atomic E-state index is 13.2. The van der Waals surface area contributed by atoms with Crippen LogP contribution in [-0.2, 0) is 14.3 Å². The Labute approximate surface area is 158 Å². The van der Waals surface area contributed by atoms with E-state index in [4.69, 9.17) is 16.3 Å². The second-order valence-corrected chi connectivity index (χ2v) is 8.33. The zero-order chi connectivity index (χ0) is 17.9. The third-order valence-electron chi connectivity index (χ3n) is 6.58. The van der Waals surface area contributed by atoms with E-state index in [9.17, 15) is 9.59 Å². The van der Waals surface area contributed by atoms with E-state index in [1.807, 2.05) is 24.3 Å². The predicted octanol–water partition coefficient (Wildman–Crippen LogP) is 4.55. The monoisotopic (exact) mass is 368 g/mol. The minimum atomic E-state index is -0.859. The zero-order valence-corrected chi connectivity index (χ0v) is 15.3. The van der Waals surface area contributed by atoms with E-state index in [0.717, 1.165) is 43.5 Å². The van der Waals surface area contributed by atoms with Gasteiger partial charge in [0.05, 0.1) is 0 Å². The summed E-state index contributed by atoms with van der Waals surface area (Å²) in [7, 11) is 0. The molecule has 0 aromatic heterocycles. The summed E-state index contributed by atoms with van der Waals surface area (Å²) in [6, 6.07) is 8.07. The number of allylic oxidation sites excluding steroid dienone is 2. The third kappa shape index (κ3) is 2.30. The first kappa shape index (κ1) is 16.5. The van der Waals surface area contributed by atoms with Gasteiger partial charge in [0.1, 0.15) is 0 Å². The van der Waals surface area contributed by atoms with Crippen LogP contribution in [0.4, 0.5) is 0 Å². The highest BCUT2D eigenvalue weighted by molar-refractivity contribution is 6.30. The van der Waals surface area contributed by atoms with Crippen LogP contribution in [0.15, 0.2) is 47.6 Å². The lowest BCUT2D eigenvalue weighted by atomic mass is 9.66. The third-order valence-corrected chi connectivity index (χ3v) is 6.83. The number of carbonyl (C=O) groups is 2. The average molecular weight is 369 g/mol. The Kier molecular flexibility index (Phi) is 3.74. The van der Waals surface area contributed by atoms with Crippen LogP contribution < -0.4 is 0 Å². The Balaban J connectivity index is 1.35. The summed E-state index contributed by atoms with van der Waals surface area (Å²) in [4.78, 5) is 25.9. The number of ether oxygens (including phenoxy) is 1. The molecule has 0 N–H and O–H groups in total. The summed E-state index contributed by atoms with van der Waals surface area (Å²) in [5.41, 5.74) is 1.68. The van der Waals surface area contributed by atoms with E-state index < -0.39 is 11.7 Å². The van der Waals surface area contributed by atoms with E-state index >= 15 is 0 Å². The molecule has 26 heavy (non-hydrogen) atoms. The van der Waals surface area contributed by atoms with Crippen LogP contribution >= 0.6 is 11.6 Å². The van der Waals surface area contributed by atoms with Crippen LogP contribution in [0.2, 0.25) is 5.02 Å². The lowest BCUT2D eigenvalue weighted by molar-refractivity contribution is -0.125. The molecule has 2 unspecified atom stereocenters. The number of benzene rings is 1. The molecule has 4 heteroatoms. The van der Waals surface area contributed by atoms with Gasteiger partial charge in [-0.1, -0.05) is 35.9 Å². The number of fused-ring (bicyclic) bond motifs is 2. The summed E-state index contributed by atoms with van der Waals surface area (Å²) >= 11 is 5.99. The number of Topliss-reactive ketones (excluding diaryl/α,β-unsaturated/α-hetero) is 2. The number of epoxide rings is 1. The molecule has 5 rings (SSSR count). The van der Waals surface area contributed by atoms with Crippen LogP contribution in [0, 0.1) is 5.92 Å². The van der Waals surface area contributed by atoms with Gasteiger partial charge in [-0.15, -0.1) is 0 Å². The smallest absolute Gasteiger partial charge is 0.198 e. The molecule has 3 fully saturated rings. The fourth-order valence-corrected chi connectivity index (χ4v) is 5.27. The van der Waals surface area contributed by atoms with E-state index in [2.05, 4.69) is 12.1 Å². The van der Waals surface area contributed by atoms with Crippen molar-refractivity contribution in [2.24, 2.45) is 5.92 Å². The van der Waals surface area contributed by atoms with Gasteiger partial charge in [0, 0.05) is 16.2 Å². The Morgan fingerprint density at radius 3 is 2.27 bits per heavy atom. The molecule has 0 amide bonds. The van der Waals surface area contributed by atoms with Gasteiger partial charge >= 0.3 is 0 Å². The Morgan fingerprint density at radius 2 is 1.58 bits per heavy atom. The molecule has 3 nitrogen and oxygen atoms in total. The molecule has 3 aliphatic carbocycles. The molecule has 1 heterocycles. The molecular formula is C22H21ClO3. The first-order chi connectivity index (χ1) is 12.6. The number of halogens is 1. The van der Waals surface area contributed by atoms with E-state index in [1.165, 1.54) is 5.56 Å². The molecule has 1 saturated heterocycles. The van der Waals surface area contributed by atoms with Gasteiger partial charge in [0.15, 0.2) is 23.3 Å². The van der Waals surface area contributed by atoms with Crippen molar-refractivity contribution >= 4 is 23.2 Å². The van der Waals surface area contributed by atoms with Crippen molar-refractivity contribution in [3.63, 3.8) is 0 Å². The predicted molar refractivity (Wildman–Crippen MR) is 99.2 cm³/mol. The molecular weight excluding hydrogens is 348 g/mol. The number of hydrogen-bond acceptors (Lipinski definition) is 3. The normalized spacial score (nSPS) is 36.0. The minimum Gasteiger partial charge on any atom is -0.348 e. The lowest BCUT2D eigenvalue weighted by Crippen LogP contribution is -2.45. The number of carbonyl (C=O) groups excluding carboxylic acids is 2. The topological polar surface area (TPSA) is 46.7 Å². The second-order valence-electron chi connectivity index (χ2n) is 7.90. The summed E-state index contributed by atoms with van der Waals surface area (Å²) < 4.78 is 5.88. The van der Waals surface area contributed by atoms with Crippen molar-refractivity contribution in [2.75, 3.05) is 0 Å². The van der Waals surface area contributed by atoms with Crippen molar-refractivity contribution < 1.29 is 14.3 Å². The van der Waals surface area contributed by atoms with Gasteiger partial charge in [-0.2, -0.15) is 0 Å². The van der Waals surface area contributed by atoms with Gasteiger partial charge in [0.25, 0.3) is 0 Å². The molecule has 1 aromatic rings. The summed E-state index contributed by atoms with van der Waals surface area (Å²) in [6.07, 6.45) is 8.89. The SMILES string of the molecule is O=C1C2=CCCC=C2C(=O)C2(C3CCC(c4ccc(Cl)cc4)CC3)OC12. The fourth-order valence-electron chi connectivity index (χ4n) is 5.14. The van der Waals surface area contributed by atoms with Crippen molar-refractivity contribution in [3.8, 4) is 0 Å². The molecule has 0 radical (unpaired) electrons. The first-order valence-electron chi connectivity index (χ1n) is 9.54. The number of rotatable bonds is 2. The molecule has 1 aromatic carbocycles. The van der Waals surface area contributed by atoms with Crippen LogP contribution in [0.1, 0.15) is 50.0 Å². The Morgan fingerprint density at radius 1 is 0.923 bits per heavy atom. The Hall–Kier alpha value is -1.71. The largest absolute Gasteiger partial charge is 0.348 e. The summed E-state index contributed by atoms with van der Waals surface area (Å²) in [5.74, 6) is 0.728. The van der Waals surface area contributed by atoms with Crippen molar-refractivity contribution in [1.29, 1.82) is 0 Å². The minimum absolute atomic E-state index is 0.0235. The van der Waals surface area contributed by atoms with Crippen LogP contribution in [0.5, 0.6) is 0 Å². The molecule has 1 aliphatic heterocycles. The van der Waals surface area contributed by atoms with Crippen LogP contribution in [0.25, 0.3) is 0 Å². The quantitative estimate of drug-likeness (QED) is 0.719. The van der Waals surface area contributed by atoms with E-state index in [0.29, 0.717) is 17.1 Å². The van der Waals surface area contributed by atoms with Gasteiger partial charge in [-0.25, -0.2) is 0 Å². The number of ketones is 2. The molecule has 0 bridgehead atoms. The highest BCUT2D eigenvalue weighted by Gasteiger charge is 2.73. The highest BCUT2D eigenvalue weighted by Crippen LogP contribution is 2.56. The molecule has 2 saturated carbocycles. The standard InChI is InChI=1S/C22H21ClO3/c23-16-11-7-14(8-12-16)13-5-9-15(10-6-13)22-20(25)18-4-2-1-3-17(18)19(24)21(22)26-22/h3-4,7-8,11-13,15,21H,1-2,5-6,9-10H2. The van der Waals surface area contributed by atoms with Crippen LogP contribution in [-0.4, -0.2) is 23.3 Å². The maximum absolute atomic E-state index is 13.2. The molecule has 134 valence electrons. The molecule has 4 aliphatic rings. The molecule has 0 spiro atoms. The van der Waals surface area contributed by atoms with Gasteiger partial charge in [-0.3, -0.25) is 9.59 Å². The fraction of sp³-hybridized carbons (Fsp3) is 0.455. The average Bonchev–Trinajstić information content (AvgIpc) is 3.45. The lowest BCUT2D eigenvalue weighted by Gasteiger charge is -2.34. The van der Waals surface area contributed by atoms with Gasteiger partial charge in [-0.05, 0) is 68.1 Å². The summed E-state index contributed by atoms with van der Waals surface area (Å²) in [5, 5.41) is 0.756. The van der Waals surface area contributed by atoms with Crippen molar-refractivity contribution in [1.82, 2.24) is 0 Å². The van der Waals surface area contributed by atoms with Gasteiger partial charge < -0.3 is 4.74 Å². The maximum Gasteiger partial charge on any atom is 0.198 e. The number of hydrogen-bond donors (Lipinski definition) is 0. The van der Waals surface area contributed by atoms with Crippen LogP contribution in [0.3, 0.4) is 0 Å². The van der Waals surface area contributed by atoms with E-state index in [1.54, 1.807) is 0 Å². The second kappa shape index (κ2) is 5.90. The molecule has 2 atom stereocenters. The van der Waals surface area contributed by atoms with Crippen molar-refractivity contribution in [3.05, 3.63) is 58.1 Å². The Bertz CT molecular complexity index is 843. The summed E-state index contributed by atoms with van der Waals surface area (Å²) in [6.45, 7) is 0. The van der Waals surface area contributed by atoms with Gasteiger partial charge in [0.2, 0.25) is 0 Å². The zero-order valence-electron chi connectivity index (χ0n) is 14.5.